The number of nitrogens with zero attached hydrogens (tertiary/aromatic N) is 3. The molecule has 146 valence electrons. The van der Waals surface area contributed by atoms with Crippen LogP contribution in [0.5, 0.6) is 5.75 Å². The highest BCUT2D eigenvalue weighted by Crippen LogP contribution is 2.46. The van der Waals surface area contributed by atoms with Crippen LogP contribution in [0.1, 0.15) is 29.1 Å². The average molecular weight is 388 g/mol. The summed E-state index contributed by atoms with van der Waals surface area (Å²) >= 11 is 0. The number of phenols is 1. The zero-order valence-electron chi connectivity index (χ0n) is 15.3. The number of phenolic OH excluding ortho intramolecular Hbond substituents is 1. The summed E-state index contributed by atoms with van der Waals surface area (Å²) in [5.74, 6) is -3.00. The number of benzene rings is 1. The Balaban J connectivity index is 2.17. The van der Waals surface area contributed by atoms with E-state index in [0.717, 1.165) is 23.7 Å². The van der Waals surface area contributed by atoms with Crippen molar-refractivity contribution in [2.24, 2.45) is 10.9 Å². The maximum Gasteiger partial charge on any atom is 0.242 e. The summed E-state index contributed by atoms with van der Waals surface area (Å²) in [6.45, 7) is 3.42. The number of aryl methyl sites for hydroxylation is 2. The van der Waals surface area contributed by atoms with Crippen LogP contribution in [0.2, 0.25) is 0 Å². The van der Waals surface area contributed by atoms with Gasteiger partial charge in [0.1, 0.15) is 5.76 Å². The molecule has 4 rings (SSSR count). The first-order valence-corrected chi connectivity index (χ1v) is 8.71. The van der Waals surface area contributed by atoms with Crippen molar-refractivity contribution >= 4 is 5.96 Å². The molecule has 0 saturated carbocycles. The van der Waals surface area contributed by atoms with Crippen molar-refractivity contribution in [3.63, 3.8) is 0 Å². The predicted molar refractivity (Wildman–Crippen MR) is 97.3 cm³/mol. The topological polar surface area (TPSA) is 110 Å². The highest BCUT2D eigenvalue weighted by molar-refractivity contribution is 5.96. The van der Waals surface area contributed by atoms with Crippen molar-refractivity contribution in [1.29, 1.82) is 0 Å². The lowest BCUT2D eigenvalue weighted by atomic mass is 9.95. The fraction of sp³-hybridized carbons (Fsp3) is 0.263. The number of halogens is 2. The molecule has 9 heteroatoms. The Hall–Kier alpha value is -3.36. The molecule has 28 heavy (non-hydrogen) atoms. The van der Waals surface area contributed by atoms with Crippen LogP contribution in [0.25, 0.3) is 22.4 Å². The molecule has 3 aromatic rings. The maximum absolute atomic E-state index is 14.8. The van der Waals surface area contributed by atoms with Crippen LogP contribution in [0, 0.1) is 25.5 Å². The van der Waals surface area contributed by atoms with Crippen LogP contribution in [0.4, 0.5) is 8.78 Å². The van der Waals surface area contributed by atoms with Gasteiger partial charge >= 0.3 is 0 Å². The Morgan fingerprint density at radius 2 is 1.96 bits per heavy atom. The van der Waals surface area contributed by atoms with E-state index in [1.54, 1.807) is 13.8 Å². The fourth-order valence-corrected chi connectivity index (χ4v) is 4.01. The summed E-state index contributed by atoms with van der Waals surface area (Å²) < 4.78 is 35.8. The molecule has 0 spiro atoms. The van der Waals surface area contributed by atoms with Gasteiger partial charge in [0.05, 0.1) is 17.0 Å². The van der Waals surface area contributed by atoms with Crippen LogP contribution in [-0.2, 0) is 12.8 Å². The third-order valence-corrected chi connectivity index (χ3v) is 5.15. The van der Waals surface area contributed by atoms with Gasteiger partial charge in [-0.25, -0.2) is 4.39 Å². The summed E-state index contributed by atoms with van der Waals surface area (Å²) in [5, 5.41) is 25.9. The molecule has 0 amide bonds. The highest BCUT2D eigenvalue weighted by atomic mass is 19.2. The van der Waals surface area contributed by atoms with Gasteiger partial charge in [0.25, 0.3) is 0 Å². The molecule has 2 aromatic heterocycles. The molecule has 4 N–H and O–H groups in total. The second kappa shape index (κ2) is 6.36. The van der Waals surface area contributed by atoms with Crippen LogP contribution in [0.3, 0.4) is 0 Å². The van der Waals surface area contributed by atoms with Crippen LogP contribution < -0.4 is 5.73 Å². The number of nitrogens with two attached hydrogens (primary N) is 1. The Bertz CT molecular complexity index is 1110. The molecule has 0 fully saturated rings. The van der Waals surface area contributed by atoms with E-state index in [0.29, 0.717) is 41.1 Å². The van der Waals surface area contributed by atoms with Crippen molar-refractivity contribution in [3.05, 3.63) is 46.5 Å². The largest absolute Gasteiger partial charge is 0.505 e. The van der Waals surface area contributed by atoms with E-state index < -0.39 is 17.4 Å². The van der Waals surface area contributed by atoms with Crippen LogP contribution >= 0.6 is 0 Å². The molecular weight excluding hydrogens is 370 g/mol. The second-order valence-corrected chi connectivity index (χ2v) is 6.76. The van der Waals surface area contributed by atoms with E-state index >= 15 is 0 Å². The molecule has 0 saturated heterocycles. The second-order valence-electron chi connectivity index (χ2n) is 6.76. The molecule has 0 atom stereocenters. The molecule has 1 aliphatic carbocycles. The van der Waals surface area contributed by atoms with Crippen LogP contribution in [-0.4, -0.2) is 26.0 Å². The van der Waals surface area contributed by atoms with Gasteiger partial charge in [0.2, 0.25) is 11.8 Å². The zero-order chi connectivity index (χ0) is 20.2. The molecule has 0 radical (unpaired) electrons. The molecule has 0 bridgehead atoms. The summed E-state index contributed by atoms with van der Waals surface area (Å²) in [6.07, 6.45) is 2.04. The molecule has 2 heterocycles. The Morgan fingerprint density at radius 3 is 2.61 bits per heavy atom. The van der Waals surface area contributed by atoms with Gasteiger partial charge in [-0.1, -0.05) is 10.3 Å². The Labute approximate surface area is 158 Å². The number of rotatable bonds is 2. The minimum absolute atomic E-state index is 0.0204. The summed E-state index contributed by atoms with van der Waals surface area (Å²) in [5.41, 5.74) is 9.41. The van der Waals surface area contributed by atoms with Crippen molar-refractivity contribution in [3.8, 4) is 28.1 Å². The standard InChI is InChI=1S/C19H18F2N4O3/c1-8-14(9(2)28-24-8)18-15(11-6-7-13(26)17(21)16(11)20)10-4-3-5-12(10)25(18)19(22)23-27/h6-7,26-27H,3-5H2,1-2H3,(H2,22,23). The van der Waals surface area contributed by atoms with E-state index in [1.807, 2.05) is 0 Å². The lowest BCUT2D eigenvalue weighted by molar-refractivity contribution is 0.316. The van der Waals surface area contributed by atoms with Gasteiger partial charge in [-0.3, -0.25) is 4.57 Å². The maximum atomic E-state index is 14.8. The molecule has 0 aliphatic heterocycles. The number of oxime groups is 1. The van der Waals surface area contributed by atoms with Gasteiger partial charge in [-0.2, -0.15) is 4.39 Å². The Morgan fingerprint density at radius 1 is 1.21 bits per heavy atom. The normalized spacial score (nSPS) is 13.9. The van der Waals surface area contributed by atoms with Gasteiger partial charge in [0, 0.05) is 16.8 Å². The highest BCUT2D eigenvalue weighted by Gasteiger charge is 2.33. The van der Waals surface area contributed by atoms with Crippen LogP contribution in [0.15, 0.2) is 21.8 Å². The number of aromatic nitrogens is 2. The van der Waals surface area contributed by atoms with E-state index in [4.69, 9.17) is 10.3 Å². The number of hydrogen-bond donors (Lipinski definition) is 3. The number of hydrogen-bond acceptors (Lipinski definition) is 5. The number of fused-ring (bicyclic) bond motifs is 1. The van der Waals surface area contributed by atoms with Gasteiger partial charge in [-0.05, 0) is 50.8 Å². The molecular formula is C19H18F2N4O3. The van der Waals surface area contributed by atoms with E-state index in [-0.39, 0.29) is 11.5 Å². The minimum Gasteiger partial charge on any atom is -0.505 e. The quantitative estimate of drug-likeness (QED) is 0.270. The van der Waals surface area contributed by atoms with Crippen molar-refractivity contribution in [1.82, 2.24) is 9.72 Å². The van der Waals surface area contributed by atoms with E-state index in [9.17, 15) is 19.1 Å². The van der Waals surface area contributed by atoms with Gasteiger partial charge in [0.15, 0.2) is 11.6 Å². The summed E-state index contributed by atoms with van der Waals surface area (Å²) in [4.78, 5) is 0. The third kappa shape index (κ3) is 2.39. The number of aromatic hydroxyl groups is 1. The van der Waals surface area contributed by atoms with Crippen molar-refractivity contribution in [2.45, 2.75) is 33.1 Å². The van der Waals surface area contributed by atoms with Gasteiger partial charge in [-0.15, -0.1) is 0 Å². The fourth-order valence-electron chi connectivity index (χ4n) is 4.01. The first-order valence-electron chi connectivity index (χ1n) is 8.71. The Kier molecular flexibility index (Phi) is 4.10. The first kappa shape index (κ1) is 18.0. The molecule has 1 aliphatic rings. The van der Waals surface area contributed by atoms with Crippen molar-refractivity contribution < 1.29 is 23.6 Å². The van der Waals surface area contributed by atoms with Crippen molar-refractivity contribution in [2.75, 3.05) is 0 Å². The molecule has 1 aromatic carbocycles. The third-order valence-electron chi connectivity index (χ3n) is 5.15. The summed E-state index contributed by atoms with van der Waals surface area (Å²) in [6, 6.07) is 2.42. The van der Waals surface area contributed by atoms with Gasteiger partial charge < -0.3 is 20.6 Å². The molecule has 7 nitrogen and oxygen atoms in total. The smallest absolute Gasteiger partial charge is 0.242 e. The summed E-state index contributed by atoms with van der Waals surface area (Å²) in [7, 11) is 0. The predicted octanol–water partition coefficient (Wildman–Crippen LogP) is 3.45. The first-order chi connectivity index (χ1) is 13.4. The minimum atomic E-state index is -1.33. The van der Waals surface area contributed by atoms with E-state index in [1.165, 1.54) is 10.6 Å². The monoisotopic (exact) mass is 388 g/mol. The lowest BCUT2D eigenvalue weighted by Gasteiger charge is -2.14. The lowest BCUT2D eigenvalue weighted by Crippen LogP contribution is -2.25. The van der Waals surface area contributed by atoms with E-state index in [2.05, 4.69) is 10.3 Å². The molecule has 0 unspecified atom stereocenters. The SMILES string of the molecule is Cc1noc(C)c1-c1c(-c2ccc(O)c(F)c2F)c2c(n1/C(N)=N/O)CCC2. The average Bonchev–Trinajstić information content (AvgIpc) is 3.34. The zero-order valence-corrected chi connectivity index (χ0v) is 15.3.